The van der Waals surface area contributed by atoms with E-state index in [0.717, 1.165) is 25.4 Å². The Balaban J connectivity index is 2.13. The van der Waals surface area contributed by atoms with Crippen molar-refractivity contribution >= 4 is 5.69 Å². The summed E-state index contributed by atoms with van der Waals surface area (Å²) in [6.07, 6.45) is 2.26. The molecule has 1 aromatic carbocycles. The molecule has 1 aromatic rings. The van der Waals surface area contributed by atoms with E-state index < -0.39 is 0 Å². The van der Waals surface area contributed by atoms with Crippen LogP contribution in [0.25, 0.3) is 0 Å². The maximum absolute atomic E-state index is 6.10. The minimum Gasteiger partial charge on any atom is -0.370 e. The van der Waals surface area contributed by atoms with Crippen molar-refractivity contribution in [1.82, 2.24) is 0 Å². The Labute approximate surface area is 98.4 Å². The molecule has 0 radical (unpaired) electrons. The maximum Gasteiger partial charge on any atom is 0.0399 e. The van der Waals surface area contributed by atoms with Gasteiger partial charge in [-0.15, -0.1) is 0 Å². The second-order valence-electron chi connectivity index (χ2n) is 5.22. The molecule has 0 aliphatic carbocycles. The highest BCUT2D eigenvalue weighted by molar-refractivity contribution is 5.56. The molecule has 0 fully saturated rings. The summed E-state index contributed by atoms with van der Waals surface area (Å²) in [6.45, 7) is 6.68. The minimum absolute atomic E-state index is 0.294. The fraction of sp³-hybridized carbons (Fsp3) is 0.571. The lowest BCUT2D eigenvalue weighted by atomic mass is 9.98. The van der Waals surface area contributed by atoms with Crippen LogP contribution in [-0.2, 0) is 6.42 Å². The third-order valence-corrected chi connectivity index (χ3v) is 3.25. The fourth-order valence-electron chi connectivity index (χ4n) is 2.35. The Kier molecular flexibility index (Phi) is 3.49. The number of benzene rings is 1. The maximum atomic E-state index is 6.10. The van der Waals surface area contributed by atoms with Gasteiger partial charge in [0, 0.05) is 24.8 Å². The van der Waals surface area contributed by atoms with Gasteiger partial charge in [-0.05, 0) is 30.4 Å². The number of para-hydroxylation sites is 1. The zero-order valence-corrected chi connectivity index (χ0v) is 10.3. The van der Waals surface area contributed by atoms with E-state index in [4.69, 9.17) is 5.73 Å². The van der Waals surface area contributed by atoms with Crippen molar-refractivity contribution in [3.8, 4) is 0 Å². The first-order chi connectivity index (χ1) is 7.66. The molecule has 1 unspecified atom stereocenters. The highest BCUT2D eigenvalue weighted by atomic mass is 15.1. The lowest BCUT2D eigenvalue weighted by molar-refractivity contribution is 0.537. The van der Waals surface area contributed by atoms with Gasteiger partial charge in [-0.1, -0.05) is 32.0 Å². The first kappa shape index (κ1) is 11.5. The third-order valence-electron chi connectivity index (χ3n) is 3.25. The number of rotatable bonds is 3. The minimum atomic E-state index is 0.294. The van der Waals surface area contributed by atoms with Crippen molar-refractivity contribution in [1.29, 1.82) is 0 Å². The normalized spacial score (nSPS) is 20.0. The summed E-state index contributed by atoms with van der Waals surface area (Å²) in [5, 5.41) is 0. The van der Waals surface area contributed by atoms with Crippen molar-refractivity contribution in [3.63, 3.8) is 0 Å². The SMILES string of the molecule is CC(C)CCN1CC(N)Cc2ccccc21. The topological polar surface area (TPSA) is 29.3 Å². The third kappa shape index (κ3) is 2.56. The molecule has 2 nitrogen and oxygen atoms in total. The molecular weight excluding hydrogens is 196 g/mol. The van der Waals surface area contributed by atoms with Crippen molar-refractivity contribution in [3.05, 3.63) is 29.8 Å². The molecule has 0 aromatic heterocycles. The Morgan fingerprint density at radius 3 is 2.88 bits per heavy atom. The summed E-state index contributed by atoms with van der Waals surface area (Å²) in [4.78, 5) is 2.45. The van der Waals surface area contributed by atoms with Crippen LogP contribution in [-0.4, -0.2) is 19.1 Å². The van der Waals surface area contributed by atoms with Crippen LogP contribution < -0.4 is 10.6 Å². The molecule has 1 aliphatic rings. The molecule has 2 rings (SSSR count). The van der Waals surface area contributed by atoms with Gasteiger partial charge in [0.25, 0.3) is 0 Å². The molecule has 0 amide bonds. The molecule has 0 spiro atoms. The zero-order valence-electron chi connectivity index (χ0n) is 10.3. The van der Waals surface area contributed by atoms with Gasteiger partial charge in [0.05, 0.1) is 0 Å². The van der Waals surface area contributed by atoms with E-state index in [9.17, 15) is 0 Å². The van der Waals surface area contributed by atoms with E-state index in [1.165, 1.54) is 17.7 Å². The van der Waals surface area contributed by atoms with Crippen molar-refractivity contribution < 1.29 is 0 Å². The van der Waals surface area contributed by atoms with Crippen molar-refractivity contribution in [2.75, 3.05) is 18.0 Å². The molecular formula is C14H22N2. The standard InChI is InChI=1S/C14H22N2/c1-11(2)7-8-16-10-13(15)9-12-5-3-4-6-14(12)16/h3-6,11,13H,7-10,15H2,1-2H3. The molecule has 88 valence electrons. The van der Waals surface area contributed by atoms with Gasteiger partial charge in [0.2, 0.25) is 0 Å². The quantitative estimate of drug-likeness (QED) is 0.844. The van der Waals surface area contributed by atoms with Gasteiger partial charge < -0.3 is 10.6 Å². The average Bonchev–Trinajstić information content (AvgIpc) is 2.25. The largest absolute Gasteiger partial charge is 0.370 e. The Morgan fingerprint density at radius 2 is 2.12 bits per heavy atom. The predicted molar refractivity (Wildman–Crippen MR) is 69.8 cm³/mol. The monoisotopic (exact) mass is 218 g/mol. The van der Waals surface area contributed by atoms with Crippen LogP contribution in [0.5, 0.6) is 0 Å². The summed E-state index contributed by atoms with van der Waals surface area (Å²) in [7, 11) is 0. The lowest BCUT2D eigenvalue weighted by Gasteiger charge is -2.35. The summed E-state index contributed by atoms with van der Waals surface area (Å²) < 4.78 is 0. The van der Waals surface area contributed by atoms with Gasteiger partial charge in [0.15, 0.2) is 0 Å². The highest BCUT2D eigenvalue weighted by Crippen LogP contribution is 2.26. The van der Waals surface area contributed by atoms with Crippen molar-refractivity contribution in [2.45, 2.75) is 32.7 Å². The van der Waals surface area contributed by atoms with Crippen molar-refractivity contribution in [2.24, 2.45) is 11.7 Å². The fourth-order valence-corrected chi connectivity index (χ4v) is 2.35. The average molecular weight is 218 g/mol. The number of nitrogens with two attached hydrogens (primary N) is 1. The summed E-state index contributed by atoms with van der Waals surface area (Å²) in [5.41, 5.74) is 8.91. The van der Waals surface area contributed by atoms with E-state index in [2.05, 4.69) is 43.0 Å². The van der Waals surface area contributed by atoms with Gasteiger partial charge in [-0.2, -0.15) is 0 Å². The molecule has 1 heterocycles. The second-order valence-corrected chi connectivity index (χ2v) is 5.22. The first-order valence-electron chi connectivity index (χ1n) is 6.25. The summed E-state index contributed by atoms with van der Waals surface area (Å²) in [5.74, 6) is 0.755. The van der Waals surface area contributed by atoms with E-state index in [0.29, 0.717) is 6.04 Å². The van der Waals surface area contributed by atoms with E-state index in [1.807, 2.05) is 0 Å². The van der Waals surface area contributed by atoms with Crippen LogP contribution in [0.1, 0.15) is 25.8 Å². The number of anilines is 1. The molecule has 2 N–H and O–H groups in total. The van der Waals surface area contributed by atoms with Crippen LogP contribution in [0.2, 0.25) is 0 Å². The zero-order chi connectivity index (χ0) is 11.5. The number of fused-ring (bicyclic) bond motifs is 1. The second kappa shape index (κ2) is 4.88. The van der Waals surface area contributed by atoms with Crippen LogP contribution in [0.3, 0.4) is 0 Å². The summed E-state index contributed by atoms with van der Waals surface area (Å²) >= 11 is 0. The molecule has 0 saturated carbocycles. The Hall–Kier alpha value is -1.02. The molecule has 2 heteroatoms. The van der Waals surface area contributed by atoms with Crippen LogP contribution in [0.15, 0.2) is 24.3 Å². The molecule has 1 aliphatic heterocycles. The molecule has 1 atom stereocenters. The van der Waals surface area contributed by atoms with Gasteiger partial charge in [-0.3, -0.25) is 0 Å². The van der Waals surface area contributed by atoms with Crippen LogP contribution in [0, 0.1) is 5.92 Å². The first-order valence-corrected chi connectivity index (χ1v) is 6.25. The van der Waals surface area contributed by atoms with Gasteiger partial charge in [-0.25, -0.2) is 0 Å². The molecule has 0 saturated heterocycles. The number of nitrogens with zero attached hydrogens (tertiary/aromatic N) is 1. The van der Waals surface area contributed by atoms with E-state index >= 15 is 0 Å². The summed E-state index contributed by atoms with van der Waals surface area (Å²) in [6, 6.07) is 8.95. The number of hydrogen-bond acceptors (Lipinski definition) is 2. The number of hydrogen-bond donors (Lipinski definition) is 1. The molecule has 0 bridgehead atoms. The predicted octanol–water partition coefficient (Wildman–Crippen LogP) is 2.42. The van der Waals surface area contributed by atoms with E-state index in [-0.39, 0.29) is 0 Å². The highest BCUT2D eigenvalue weighted by Gasteiger charge is 2.21. The van der Waals surface area contributed by atoms with Crippen LogP contribution in [0.4, 0.5) is 5.69 Å². The van der Waals surface area contributed by atoms with Gasteiger partial charge >= 0.3 is 0 Å². The smallest absolute Gasteiger partial charge is 0.0399 e. The van der Waals surface area contributed by atoms with Crippen LogP contribution >= 0.6 is 0 Å². The Morgan fingerprint density at radius 1 is 1.38 bits per heavy atom. The molecule has 16 heavy (non-hydrogen) atoms. The Bertz CT molecular complexity index is 346. The van der Waals surface area contributed by atoms with Gasteiger partial charge in [0.1, 0.15) is 0 Å². The van der Waals surface area contributed by atoms with E-state index in [1.54, 1.807) is 0 Å². The lowest BCUT2D eigenvalue weighted by Crippen LogP contribution is -2.43.